The molecule has 3 nitrogen and oxygen atoms in total. The molecule has 0 unspecified atom stereocenters. The van der Waals surface area contributed by atoms with Gasteiger partial charge in [-0.2, -0.15) is 8.42 Å². The standard InChI is InChI=1S/C14H20I2O3S/c1-2-3-4-5-6-7-10-19-20(17,18)14-11-12(15)8-9-13(14)16/h8-9,11H,2-7,10H2,1H3. The number of halogens is 2. The van der Waals surface area contributed by atoms with Crippen molar-refractivity contribution in [3.63, 3.8) is 0 Å². The first-order valence-corrected chi connectivity index (χ1v) is 10.4. The Kier molecular flexibility index (Phi) is 8.92. The van der Waals surface area contributed by atoms with Gasteiger partial charge < -0.3 is 0 Å². The number of rotatable bonds is 9. The molecule has 1 aromatic rings. The van der Waals surface area contributed by atoms with Gasteiger partial charge in [-0.3, -0.25) is 4.18 Å². The van der Waals surface area contributed by atoms with Crippen LogP contribution in [0.1, 0.15) is 45.4 Å². The van der Waals surface area contributed by atoms with Crippen molar-refractivity contribution >= 4 is 55.3 Å². The lowest BCUT2D eigenvalue weighted by Gasteiger charge is -2.08. The van der Waals surface area contributed by atoms with Crippen LogP contribution in [0.4, 0.5) is 0 Å². The third-order valence-corrected chi connectivity index (χ3v) is 6.23. The van der Waals surface area contributed by atoms with Gasteiger partial charge in [-0.25, -0.2) is 0 Å². The highest BCUT2D eigenvalue weighted by Crippen LogP contribution is 2.22. The summed E-state index contributed by atoms with van der Waals surface area (Å²) in [6.07, 6.45) is 6.66. The van der Waals surface area contributed by atoms with Gasteiger partial charge in [0.05, 0.1) is 6.61 Å². The van der Waals surface area contributed by atoms with Crippen LogP contribution < -0.4 is 0 Å². The topological polar surface area (TPSA) is 43.4 Å². The van der Waals surface area contributed by atoms with E-state index >= 15 is 0 Å². The van der Waals surface area contributed by atoms with Crippen molar-refractivity contribution in [2.45, 2.75) is 50.3 Å². The average Bonchev–Trinajstić information content (AvgIpc) is 2.40. The van der Waals surface area contributed by atoms with E-state index < -0.39 is 10.1 Å². The van der Waals surface area contributed by atoms with Crippen molar-refractivity contribution in [1.29, 1.82) is 0 Å². The molecule has 0 aromatic heterocycles. The predicted molar refractivity (Wildman–Crippen MR) is 98.4 cm³/mol. The molecule has 6 heteroatoms. The highest BCUT2D eigenvalue weighted by molar-refractivity contribution is 14.1. The maximum absolute atomic E-state index is 12.1. The van der Waals surface area contributed by atoms with Gasteiger partial charge in [-0.15, -0.1) is 0 Å². The fourth-order valence-electron chi connectivity index (χ4n) is 1.78. The third kappa shape index (κ3) is 6.57. The lowest BCUT2D eigenvalue weighted by Crippen LogP contribution is -2.09. The van der Waals surface area contributed by atoms with Gasteiger partial charge >= 0.3 is 0 Å². The summed E-state index contributed by atoms with van der Waals surface area (Å²) in [5, 5.41) is 0. The predicted octanol–water partition coefficient (Wildman–Crippen LogP) is 4.96. The molecule has 1 rings (SSSR count). The molecule has 20 heavy (non-hydrogen) atoms. The molecular formula is C14H20I2O3S. The third-order valence-electron chi connectivity index (χ3n) is 2.90. The summed E-state index contributed by atoms with van der Waals surface area (Å²) in [6, 6.07) is 5.33. The normalized spacial score (nSPS) is 11.8. The van der Waals surface area contributed by atoms with E-state index in [4.69, 9.17) is 4.18 Å². The van der Waals surface area contributed by atoms with Crippen molar-refractivity contribution in [3.8, 4) is 0 Å². The molecule has 0 radical (unpaired) electrons. The van der Waals surface area contributed by atoms with Crippen LogP contribution in [0.3, 0.4) is 0 Å². The molecule has 0 bridgehead atoms. The van der Waals surface area contributed by atoms with Crippen LogP contribution in [-0.4, -0.2) is 15.0 Å². The average molecular weight is 522 g/mol. The summed E-state index contributed by atoms with van der Waals surface area (Å²) in [4.78, 5) is 0.274. The lowest BCUT2D eigenvalue weighted by atomic mass is 10.1. The van der Waals surface area contributed by atoms with Crippen LogP contribution in [0.2, 0.25) is 0 Å². The quantitative estimate of drug-likeness (QED) is 0.262. The fraction of sp³-hybridized carbons (Fsp3) is 0.571. The zero-order chi connectivity index (χ0) is 15.0. The fourth-order valence-corrected chi connectivity index (χ4v) is 4.67. The molecule has 0 aliphatic carbocycles. The van der Waals surface area contributed by atoms with E-state index in [0.717, 1.165) is 22.8 Å². The summed E-state index contributed by atoms with van der Waals surface area (Å²) in [6.45, 7) is 2.45. The smallest absolute Gasteiger partial charge is 0.266 e. The molecule has 114 valence electrons. The molecule has 0 N–H and O–H groups in total. The minimum absolute atomic E-state index is 0.274. The highest BCUT2D eigenvalue weighted by Gasteiger charge is 2.18. The molecule has 0 saturated carbocycles. The van der Waals surface area contributed by atoms with Crippen LogP contribution in [0, 0.1) is 7.14 Å². The minimum Gasteiger partial charge on any atom is -0.266 e. The van der Waals surface area contributed by atoms with Crippen molar-refractivity contribution in [1.82, 2.24) is 0 Å². The van der Waals surface area contributed by atoms with E-state index in [9.17, 15) is 8.42 Å². The van der Waals surface area contributed by atoms with Gasteiger partial charge in [0, 0.05) is 7.14 Å². The summed E-state index contributed by atoms with van der Waals surface area (Å²) in [5.74, 6) is 0. The largest absolute Gasteiger partial charge is 0.298 e. The van der Waals surface area contributed by atoms with E-state index in [0.29, 0.717) is 3.57 Å². The molecule has 0 spiro atoms. The maximum atomic E-state index is 12.1. The molecule has 0 saturated heterocycles. The second-order valence-corrected chi connectivity index (χ2v) is 8.61. The Balaban J connectivity index is 2.44. The Labute approximate surface area is 149 Å². The number of unbranched alkanes of at least 4 members (excludes halogenated alkanes) is 5. The van der Waals surface area contributed by atoms with Gasteiger partial charge in [0.15, 0.2) is 0 Å². The summed E-state index contributed by atoms with van der Waals surface area (Å²) < 4.78 is 30.9. The van der Waals surface area contributed by atoms with Crippen LogP contribution in [0.15, 0.2) is 23.1 Å². The van der Waals surface area contributed by atoms with Gasteiger partial charge in [0.2, 0.25) is 0 Å². The second kappa shape index (κ2) is 9.58. The number of hydrogen-bond acceptors (Lipinski definition) is 3. The first kappa shape index (κ1) is 18.6. The van der Waals surface area contributed by atoms with Gasteiger partial charge in [0.25, 0.3) is 10.1 Å². The minimum atomic E-state index is -3.62. The van der Waals surface area contributed by atoms with Crippen LogP contribution in [0.25, 0.3) is 0 Å². The Hall–Kier alpha value is 0.590. The number of benzene rings is 1. The van der Waals surface area contributed by atoms with E-state index in [-0.39, 0.29) is 11.5 Å². The molecule has 1 aromatic carbocycles. The Morgan fingerprint density at radius 1 is 1.05 bits per heavy atom. The Bertz CT molecular complexity index is 515. The number of hydrogen-bond donors (Lipinski definition) is 0. The molecular weight excluding hydrogens is 502 g/mol. The van der Waals surface area contributed by atoms with Crippen LogP contribution >= 0.6 is 45.2 Å². The molecule has 0 heterocycles. The molecule has 0 aliphatic heterocycles. The summed E-state index contributed by atoms with van der Waals surface area (Å²) >= 11 is 4.13. The van der Waals surface area contributed by atoms with Gasteiger partial charge in [-0.1, -0.05) is 39.0 Å². The van der Waals surface area contributed by atoms with Crippen molar-refractivity contribution in [2.24, 2.45) is 0 Å². The zero-order valence-electron chi connectivity index (χ0n) is 11.6. The summed E-state index contributed by atoms with van der Waals surface area (Å²) in [5.41, 5.74) is 0. The van der Waals surface area contributed by atoms with Crippen molar-refractivity contribution in [3.05, 3.63) is 25.3 Å². The molecule has 0 aliphatic rings. The van der Waals surface area contributed by atoms with Gasteiger partial charge in [-0.05, 0) is 69.8 Å². The first-order valence-electron chi connectivity index (χ1n) is 6.82. The molecule has 0 amide bonds. The molecule has 0 atom stereocenters. The second-order valence-electron chi connectivity index (χ2n) is 4.62. The summed E-state index contributed by atoms with van der Waals surface area (Å²) in [7, 11) is -3.62. The SMILES string of the molecule is CCCCCCCCOS(=O)(=O)c1cc(I)ccc1I. The monoisotopic (exact) mass is 522 g/mol. The van der Waals surface area contributed by atoms with Crippen LogP contribution in [-0.2, 0) is 14.3 Å². The highest BCUT2D eigenvalue weighted by atomic mass is 127. The van der Waals surface area contributed by atoms with Crippen LogP contribution in [0.5, 0.6) is 0 Å². The lowest BCUT2D eigenvalue weighted by molar-refractivity contribution is 0.306. The molecule has 0 fully saturated rings. The Morgan fingerprint density at radius 3 is 2.40 bits per heavy atom. The first-order chi connectivity index (χ1) is 9.47. The van der Waals surface area contributed by atoms with Gasteiger partial charge in [0.1, 0.15) is 4.90 Å². The van der Waals surface area contributed by atoms with Crippen molar-refractivity contribution in [2.75, 3.05) is 6.61 Å². The Morgan fingerprint density at radius 2 is 1.70 bits per heavy atom. The van der Waals surface area contributed by atoms with Crippen molar-refractivity contribution < 1.29 is 12.6 Å². The van der Waals surface area contributed by atoms with E-state index in [1.807, 2.05) is 28.7 Å². The van der Waals surface area contributed by atoms with E-state index in [1.165, 1.54) is 19.3 Å². The van der Waals surface area contributed by atoms with E-state index in [1.54, 1.807) is 12.1 Å². The zero-order valence-corrected chi connectivity index (χ0v) is 16.7. The maximum Gasteiger partial charge on any atom is 0.298 e. The van der Waals surface area contributed by atoms with E-state index in [2.05, 4.69) is 29.5 Å².